The van der Waals surface area contributed by atoms with Crippen LogP contribution in [0.1, 0.15) is 31.0 Å². The first-order chi connectivity index (χ1) is 12.1. The van der Waals surface area contributed by atoms with Crippen molar-refractivity contribution in [3.8, 4) is 12.1 Å². The summed E-state index contributed by atoms with van der Waals surface area (Å²) >= 11 is 0. The van der Waals surface area contributed by atoms with Crippen molar-refractivity contribution in [1.29, 1.82) is 10.5 Å². The maximum Gasteiger partial charge on any atom is 0.416 e. The van der Waals surface area contributed by atoms with Crippen molar-refractivity contribution >= 4 is 0 Å². The van der Waals surface area contributed by atoms with E-state index in [4.69, 9.17) is 14.3 Å². The van der Waals surface area contributed by atoms with Crippen molar-refractivity contribution in [2.45, 2.75) is 38.0 Å². The van der Waals surface area contributed by atoms with Gasteiger partial charge in [-0.1, -0.05) is 12.1 Å². The fourth-order valence-electron chi connectivity index (χ4n) is 2.46. The van der Waals surface area contributed by atoms with Crippen LogP contribution in [-0.2, 0) is 20.5 Å². The van der Waals surface area contributed by atoms with E-state index >= 15 is 0 Å². The number of nitriles is 2. The zero-order valence-corrected chi connectivity index (χ0v) is 14.9. The minimum atomic E-state index is -4.50. The first kappa shape index (κ1) is 21.9. The summed E-state index contributed by atoms with van der Waals surface area (Å²) in [6.07, 6.45) is -5.38. The maximum atomic E-state index is 12.8. The normalized spacial score (nSPS) is 14.5. The topological polar surface area (TPSA) is 78.5 Å². The van der Waals surface area contributed by atoms with Crippen LogP contribution in [0.4, 0.5) is 13.2 Å². The molecule has 1 rings (SSSR count). The summed E-state index contributed by atoms with van der Waals surface area (Å²) in [6.45, 7) is 3.53. The van der Waals surface area contributed by atoms with Crippen LogP contribution in [-0.4, -0.2) is 37.7 Å². The molecule has 0 bridgehead atoms. The molecule has 0 aliphatic carbocycles. The Kier molecular flexibility index (Phi) is 7.54. The lowest BCUT2D eigenvalue weighted by Gasteiger charge is -2.36. The van der Waals surface area contributed by atoms with Crippen LogP contribution in [0.15, 0.2) is 24.3 Å². The van der Waals surface area contributed by atoms with Crippen molar-refractivity contribution in [2.24, 2.45) is 0 Å². The Balaban J connectivity index is 3.38. The highest BCUT2D eigenvalue weighted by Crippen LogP contribution is 2.37. The van der Waals surface area contributed by atoms with Crippen LogP contribution in [0.25, 0.3) is 0 Å². The fourth-order valence-corrected chi connectivity index (χ4v) is 2.46. The van der Waals surface area contributed by atoms with E-state index in [1.807, 2.05) is 0 Å². The highest BCUT2D eigenvalue weighted by molar-refractivity contribution is 5.35. The minimum absolute atomic E-state index is 0.245. The number of benzene rings is 1. The molecule has 2 unspecified atom stereocenters. The summed E-state index contributed by atoms with van der Waals surface area (Å²) in [7, 11) is 2.75. The van der Waals surface area contributed by atoms with Crippen molar-refractivity contribution in [3.05, 3.63) is 35.4 Å². The lowest BCUT2D eigenvalue weighted by molar-refractivity contribution is -0.225. The zero-order chi connectivity index (χ0) is 20.0. The molecule has 0 spiro atoms. The molecule has 0 saturated carbocycles. The van der Waals surface area contributed by atoms with E-state index in [2.05, 4.69) is 0 Å². The van der Waals surface area contributed by atoms with Gasteiger partial charge in [0.05, 0.1) is 12.7 Å². The quantitative estimate of drug-likeness (QED) is 0.515. The van der Waals surface area contributed by atoms with E-state index in [1.54, 1.807) is 19.1 Å². The average Bonchev–Trinajstić information content (AvgIpc) is 2.60. The fraction of sp³-hybridized carbons (Fsp3) is 0.529. The highest BCUT2D eigenvalue weighted by atomic mass is 19.4. The summed E-state index contributed by atoms with van der Waals surface area (Å²) in [5.74, 6) is 0. The number of alkyl halides is 3. The molecule has 0 fully saturated rings. The Morgan fingerprint density at radius 1 is 1.15 bits per heavy atom. The number of likely N-dealkylation sites (N-methyl/N-ethyl adjacent to an activating group) is 1. The SMILES string of the molecule is CCOC(C)OC(C#N)(C#N)C(c1ccc(C(F)(F)F)cc1)N(C)OC. The monoisotopic (exact) mass is 371 g/mol. The van der Waals surface area contributed by atoms with Gasteiger partial charge in [0.1, 0.15) is 18.2 Å². The number of halogens is 3. The molecule has 1 aromatic carbocycles. The highest BCUT2D eigenvalue weighted by Gasteiger charge is 2.47. The van der Waals surface area contributed by atoms with Gasteiger partial charge in [0.25, 0.3) is 5.60 Å². The molecule has 0 aliphatic rings. The van der Waals surface area contributed by atoms with Gasteiger partial charge in [0.15, 0.2) is 6.29 Å². The average molecular weight is 371 g/mol. The molecule has 0 amide bonds. The molecule has 1 aromatic rings. The van der Waals surface area contributed by atoms with Gasteiger partial charge in [-0.05, 0) is 31.5 Å². The van der Waals surface area contributed by atoms with Crippen molar-refractivity contribution < 1.29 is 27.5 Å². The van der Waals surface area contributed by atoms with Crippen LogP contribution < -0.4 is 0 Å². The van der Waals surface area contributed by atoms with Gasteiger partial charge in [0.2, 0.25) is 0 Å². The van der Waals surface area contributed by atoms with Crippen molar-refractivity contribution in [2.75, 3.05) is 20.8 Å². The van der Waals surface area contributed by atoms with Crippen molar-refractivity contribution in [3.63, 3.8) is 0 Å². The molecule has 0 heterocycles. The van der Waals surface area contributed by atoms with Crippen LogP contribution in [0.5, 0.6) is 0 Å². The number of hydrogen-bond donors (Lipinski definition) is 0. The Labute approximate surface area is 150 Å². The van der Waals surface area contributed by atoms with Crippen LogP contribution in [0.2, 0.25) is 0 Å². The molecular weight excluding hydrogens is 351 g/mol. The molecule has 26 heavy (non-hydrogen) atoms. The Morgan fingerprint density at radius 3 is 2.08 bits per heavy atom. The summed E-state index contributed by atoms with van der Waals surface area (Å²) in [6, 6.07) is 6.60. The van der Waals surface area contributed by atoms with Gasteiger partial charge in [-0.2, -0.15) is 28.8 Å². The first-order valence-corrected chi connectivity index (χ1v) is 7.71. The number of nitrogens with zero attached hydrogens (tertiary/aromatic N) is 3. The molecule has 0 saturated heterocycles. The molecule has 0 aliphatic heterocycles. The van der Waals surface area contributed by atoms with Gasteiger partial charge < -0.3 is 14.3 Å². The van der Waals surface area contributed by atoms with E-state index in [9.17, 15) is 23.7 Å². The Morgan fingerprint density at radius 2 is 1.69 bits per heavy atom. The van der Waals surface area contributed by atoms with Gasteiger partial charge in [0, 0.05) is 13.7 Å². The third-order valence-corrected chi connectivity index (χ3v) is 3.68. The second kappa shape index (κ2) is 8.97. The molecule has 0 N–H and O–H groups in total. The van der Waals surface area contributed by atoms with Gasteiger partial charge in [-0.15, -0.1) is 0 Å². The van der Waals surface area contributed by atoms with Gasteiger partial charge in [-0.3, -0.25) is 0 Å². The van der Waals surface area contributed by atoms with Gasteiger partial charge in [-0.25, -0.2) is 0 Å². The van der Waals surface area contributed by atoms with E-state index in [0.717, 1.165) is 12.1 Å². The number of ether oxygens (including phenoxy) is 2. The summed E-state index contributed by atoms with van der Waals surface area (Å²) in [5.41, 5.74) is -2.67. The third kappa shape index (κ3) is 4.93. The molecular formula is C17H20F3N3O3. The lowest BCUT2D eigenvalue weighted by atomic mass is 9.89. The molecule has 6 nitrogen and oxygen atoms in total. The number of rotatable bonds is 8. The smallest absolute Gasteiger partial charge is 0.353 e. The van der Waals surface area contributed by atoms with E-state index in [1.165, 1.54) is 38.3 Å². The van der Waals surface area contributed by atoms with Crippen LogP contribution in [0, 0.1) is 22.7 Å². The largest absolute Gasteiger partial charge is 0.416 e. The molecule has 2 atom stereocenters. The van der Waals surface area contributed by atoms with Gasteiger partial charge >= 0.3 is 6.18 Å². The Hall–Kier alpha value is -2.17. The van der Waals surface area contributed by atoms with E-state index < -0.39 is 29.7 Å². The van der Waals surface area contributed by atoms with E-state index in [-0.39, 0.29) is 5.56 Å². The standard InChI is InChI=1S/C17H20F3N3O3/c1-5-25-12(2)26-16(10-21,11-22)15(23(3)24-4)13-6-8-14(9-7-13)17(18,19)20/h6-9,12,15H,5H2,1-4H3. The van der Waals surface area contributed by atoms with Crippen LogP contribution in [0.3, 0.4) is 0 Å². The first-order valence-electron chi connectivity index (χ1n) is 7.71. The number of hydrogen-bond acceptors (Lipinski definition) is 6. The van der Waals surface area contributed by atoms with Crippen molar-refractivity contribution in [1.82, 2.24) is 5.06 Å². The Bertz CT molecular complexity index is 651. The van der Waals surface area contributed by atoms with E-state index in [0.29, 0.717) is 6.61 Å². The lowest BCUT2D eigenvalue weighted by Crippen LogP contribution is -2.46. The molecule has 0 aromatic heterocycles. The molecule has 9 heteroatoms. The number of hydroxylamine groups is 2. The minimum Gasteiger partial charge on any atom is -0.353 e. The zero-order valence-electron chi connectivity index (χ0n) is 14.9. The second-order valence-electron chi connectivity index (χ2n) is 5.35. The summed E-state index contributed by atoms with van der Waals surface area (Å²) in [5, 5.41) is 20.5. The maximum absolute atomic E-state index is 12.8. The predicted molar refractivity (Wildman–Crippen MR) is 85.1 cm³/mol. The van der Waals surface area contributed by atoms with Crippen LogP contribution >= 0.6 is 0 Å². The molecule has 0 radical (unpaired) electrons. The third-order valence-electron chi connectivity index (χ3n) is 3.68. The predicted octanol–water partition coefficient (Wildman–Crippen LogP) is 3.42. The summed E-state index contributed by atoms with van der Waals surface area (Å²) in [4.78, 5) is 5.10. The summed E-state index contributed by atoms with van der Waals surface area (Å²) < 4.78 is 49.1. The second-order valence-corrected chi connectivity index (χ2v) is 5.35. The molecule has 142 valence electrons.